The van der Waals surface area contributed by atoms with Crippen LogP contribution in [0.5, 0.6) is 0 Å². The van der Waals surface area contributed by atoms with E-state index in [0.29, 0.717) is 18.0 Å². The van der Waals surface area contributed by atoms with Crippen molar-refractivity contribution in [1.29, 1.82) is 0 Å². The van der Waals surface area contributed by atoms with Crippen molar-refractivity contribution in [3.8, 4) is 0 Å². The molecule has 1 atom stereocenters. The zero-order valence-corrected chi connectivity index (χ0v) is 12.4. The first kappa shape index (κ1) is 15.2. The normalized spacial score (nSPS) is 11.9. The average Bonchev–Trinajstić information content (AvgIpc) is 2.96. The van der Waals surface area contributed by atoms with Crippen molar-refractivity contribution in [2.75, 3.05) is 6.54 Å². The molecule has 1 aromatic carbocycles. The first-order valence-corrected chi connectivity index (χ1v) is 7.46. The molecule has 21 heavy (non-hydrogen) atoms. The van der Waals surface area contributed by atoms with E-state index in [2.05, 4.69) is 10.3 Å². The molecule has 110 valence electrons. The lowest BCUT2D eigenvalue weighted by atomic mass is 10.0. The van der Waals surface area contributed by atoms with Gasteiger partial charge >= 0.3 is 5.97 Å². The van der Waals surface area contributed by atoms with E-state index in [1.54, 1.807) is 0 Å². The van der Waals surface area contributed by atoms with E-state index in [4.69, 9.17) is 5.11 Å². The molecule has 0 radical (unpaired) electrons. The minimum absolute atomic E-state index is 0.0452. The number of nitrogens with zero attached hydrogens (tertiary/aromatic N) is 1. The van der Waals surface area contributed by atoms with E-state index in [-0.39, 0.29) is 17.5 Å². The second kappa shape index (κ2) is 6.99. The summed E-state index contributed by atoms with van der Waals surface area (Å²) in [6.45, 7) is 2.30. The lowest BCUT2D eigenvalue weighted by molar-refractivity contribution is -0.122. The van der Waals surface area contributed by atoms with Crippen LogP contribution >= 0.6 is 11.3 Å². The Balaban J connectivity index is 1.82. The highest BCUT2D eigenvalue weighted by molar-refractivity contribution is 7.09. The highest BCUT2D eigenvalue weighted by Gasteiger charge is 2.14. The van der Waals surface area contributed by atoms with Gasteiger partial charge in [0, 0.05) is 18.3 Å². The van der Waals surface area contributed by atoms with Gasteiger partial charge in [0.05, 0.1) is 10.9 Å². The van der Waals surface area contributed by atoms with Gasteiger partial charge < -0.3 is 10.4 Å². The number of nitrogens with one attached hydrogen (secondary N) is 1. The maximum Gasteiger partial charge on any atom is 0.355 e. The highest BCUT2D eigenvalue weighted by atomic mass is 32.1. The molecule has 0 aliphatic carbocycles. The Morgan fingerprint density at radius 1 is 1.33 bits per heavy atom. The number of hydrogen-bond acceptors (Lipinski definition) is 4. The second-order valence-corrected chi connectivity index (χ2v) is 5.55. The van der Waals surface area contributed by atoms with Crippen LogP contribution in [0.25, 0.3) is 0 Å². The molecule has 1 aromatic heterocycles. The number of rotatable bonds is 6. The maximum atomic E-state index is 12.0. The fraction of sp³-hybridized carbons (Fsp3) is 0.267. The molecular formula is C15H16N2O3S. The molecular weight excluding hydrogens is 288 g/mol. The molecule has 0 bridgehead atoms. The van der Waals surface area contributed by atoms with Crippen molar-refractivity contribution in [1.82, 2.24) is 10.3 Å². The van der Waals surface area contributed by atoms with E-state index in [1.165, 1.54) is 16.7 Å². The highest BCUT2D eigenvalue weighted by Crippen LogP contribution is 2.14. The Morgan fingerprint density at radius 3 is 2.67 bits per heavy atom. The first-order chi connectivity index (χ1) is 10.1. The third-order valence-corrected chi connectivity index (χ3v) is 4.01. The molecule has 2 aromatic rings. The van der Waals surface area contributed by atoms with Crippen LogP contribution in [0.2, 0.25) is 0 Å². The maximum absolute atomic E-state index is 12.0. The van der Waals surface area contributed by atoms with E-state index in [9.17, 15) is 9.59 Å². The van der Waals surface area contributed by atoms with Crippen LogP contribution in [0.15, 0.2) is 35.7 Å². The minimum Gasteiger partial charge on any atom is -0.476 e. The Hall–Kier alpha value is -2.21. The molecule has 1 amide bonds. The van der Waals surface area contributed by atoms with Crippen molar-refractivity contribution in [3.63, 3.8) is 0 Å². The molecule has 2 rings (SSSR count). The molecule has 0 saturated carbocycles. The van der Waals surface area contributed by atoms with Crippen LogP contribution < -0.4 is 5.32 Å². The third-order valence-electron chi connectivity index (χ3n) is 3.10. The van der Waals surface area contributed by atoms with Gasteiger partial charge in [0.1, 0.15) is 0 Å². The van der Waals surface area contributed by atoms with Crippen LogP contribution in [0, 0.1) is 0 Å². The Morgan fingerprint density at radius 2 is 2.05 bits per heavy atom. The fourth-order valence-electron chi connectivity index (χ4n) is 1.86. The molecule has 0 fully saturated rings. The van der Waals surface area contributed by atoms with Crippen LogP contribution in [-0.4, -0.2) is 28.5 Å². The van der Waals surface area contributed by atoms with Crippen LogP contribution in [0.4, 0.5) is 0 Å². The molecule has 0 aliphatic rings. The summed E-state index contributed by atoms with van der Waals surface area (Å²) in [5.74, 6) is -1.28. The summed E-state index contributed by atoms with van der Waals surface area (Å²) in [7, 11) is 0. The van der Waals surface area contributed by atoms with Gasteiger partial charge in [-0.2, -0.15) is 0 Å². The van der Waals surface area contributed by atoms with Gasteiger partial charge in [0.15, 0.2) is 5.69 Å². The van der Waals surface area contributed by atoms with Gasteiger partial charge in [-0.3, -0.25) is 4.79 Å². The number of carbonyl (C=O) groups is 2. The number of thiazole rings is 1. The van der Waals surface area contributed by atoms with Gasteiger partial charge in [0.25, 0.3) is 0 Å². The van der Waals surface area contributed by atoms with E-state index < -0.39 is 5.97 Å². The van der Waals surface area contributed by atoms with Gasteiger partial charge in [-0.05, 0) is 12.5 Å². The molecule has 1 heterocycles. The Bertz CT molecular complexity index is 625. The topological polar surface area (TPSA) is 79.3 Å². The van der Waals surface area contributed by atoms with Crippen molar-refractivity contribution >= 4 is 23.2 Å². The van der Waals surface area contributed by atoms with Crippen molar-refractivity contribution in [3.05, 3.63) is 52.0 Å². The van der Waals surface area contributed by atoms with E-state index >= 15 is 0 Å². The van der Waals surface area contributed by atoms with Crippen LogP contribution in [0.3, 0.4) is 0 Å². The predicted octanol–water partition coefficient (Wildman–Crippen LogP) is 2.30. The average molecular weight is 304 g/mol. The largest absolute Gasteiger partial charge is 0.476 e. The van der Waals surface area contributed by atoms with Crippen LogP contribution in [-0.2, 0) is 11.2 Å². The second-order valence-electron chi connectivity index (χ2n) is 4.61. The SMILES string of the molecule is C[C@@H](C(=O)NCCc1nc(C(=O)O)cs1)c1ccccc1. The van der Waals surface area contributed by atoms with Gasteiger partial charge in [0.2, 0.25) is 5.91 Å². The molecule has 2 N–H and O–H groups in total. The van der Waals surface area contributed by atoms with Crippen molar-refractivity contribution in [2.24, 2.45) is 0 Å². The minimum atomic E-state index is -1.03. The molecule has 0 saturated heterocycles. The summed E-state index contributed by atoms with van der Waals surface area (Å²) in [5, 5.41) is 13.8. The predicted molar refractivity (Wildman–Crippen MR) is 80.6 cm³/mol. The van der Waals surface area contributed by atoms with Gasteiger partial charge in [-0.15, -0.1) is 11.3 Å². The number of aromatic nitrogens is 1. The number of benzene rings is 1. The van der Waals surface area contributed by atoms with Gasteiger partial charge in [-0.25, -0.2) is 9.78 Å². The number of hydrogen-bond donors (Lipinski definition) is 2. The lowest BCUT2D eigenvalue weighted by Crippen LogP contribution is -2.29. The van der Waals surface area contributed by atoms with E-state index in [1.807, 2.05) is 37.3 Å². The summed E-state index contributed by atoms with van der Waals surface area (Å²) < 4.78 is 0. The smallest absolute Gasteiger partial charge is 0.355 e. The molecule has 0 aliphatic heterocycles. The number of carboxylic acid groups (broad SMARTS) is 1. The molecule has 0 unspecified atom stereocenters. The molecule has 6 heteroatoms. The zero-order chi connectivity index (χ0) is 15.2. The third kappa shape index (κ3) is 4.13. The van der Waals surface area contributed by atoms with Crippen molar-refractivity contribution in [2.45, 2.75) is 19.3 Å². The quantitative estimate of drug-likeness (QED) is 0.858. The van der Waals surface area contributed by atoms with Crippen LogP contribution in [0.1, 0.15) is 33.9 Å². The zero-order valence-electron chi connectivity index (χ0n) is 11.6. The number of amides is 1. The number of carboxylic acids is 1. The monoisotopic (exact) mass is 304 g/mol. The summed E-state index contributed by atoms with van der Waals surface area (Å²) in [6, 6.07) is 9.56. The first-order valence-electron chi connectivity index (χ1n) is 6.58. The standard InChI is InChI=1S/C15H16N2O3S/c1-10(11-5-3-2-4-6-11)14(18)16-8-7-13-17-12(9-21-13)15(19)20/h2-6,9-10H,7-8H2,1H3,(H,16,18)(H,19,20)/t10-/m1/s1. The van der Waals surface area contributed by atoms with E-state index in [0.717, 1.165) is 5.56 Å². The fourth-order valence-corrected chi connectivity index (χ4v) is 2.63. The molecule has 0 spiro atoms. The number of aromatic carboxylic acids is 1. The summed E-state index contributed by atoms with van der Waals surface area (Å²) in [6.07, 6.45) is 0.533. The summed E-state index contributed by atoms with van der Waals surface area (Å²) >= 11 is 1.29. The Labute approximate surface area is 126 Å². The Kier molecular flexibility index (Phi) is 5.05. The van der Waals surface area contributed by atoms with Gasteiger partial charge in [-0.1, -0.05) is 30.3 Å². The lowest BCUT2D eigenvalue weighted by Gasteiger charge is -2.11. The summed E-state index contributed by atoms with van der Waals surface area (Å²) in [5.41, 5.74) is 1.02. The van der Waals surface area contributed by atoms with Crippen molar-refractivity contribution < 1.29 is 14.7 Å². The molecule has 5 nitrogen and oxygen atoms in total. The summed E-state index contributed by atoms with van der Waals surface area (Å²) in [4.78, 5) is 26.7. The number of carbonyl (C=O) groups excluding carboxylic acids is 1.